The molecule has 2 rings (SSSR count). The van der Waals surface area contributed by atoms with Crippen molar-refractivity contribution in [2.24, 2.45) is 11.8 Å². The van der Waals surface area contributed by atoms with Crippen molar-refractivity contribution in [3.63, 3.8) is 0 Å². The Labute approximate surface area is 124 Å². The van der Waals surface area contributed by atoms with Gasteiger partial charge in [-0.25, -0.2) is 13.1 Å². The van der Waals surface area contributed by atoms with E-state index < -0.39 is 15.9 Å². The van der Waals surface area contributed by atoms with Crippen molar-refractivity contribution in [2.45, 2.75) is 31.7 Å². The van der Waals surface area contributed by atoms with Crippen LogP contribution in [-0.4, -0.2) is 20.2 Å². The van der Waals surface area contributed by atoms with Gasteiger partial charge in [-0.3, -0.25) is 9.59 Å². The fraction of sp³-hybridized carbons (Fsp3) is 0.429. The summed E-state index contributed by atoms with van der Waals surface area (Å²) in [6.45, 7) is 3.66. The maximum atomic E-state index is 12.1. The van der Waals surface area contributed by atoms with Crippen LogP contribution in [-0.2, 0) is 26.2 Å². The highest BCUT2D eigenvalue weighted by atomic mass is 32.2. The SMILES string of the molecule is CC(=O)NCc1ccc(S(=O)(=O)NC(=O)C2CC2C)cc1. The molecule has 2 amide bonds. The van der Waals surface area contributed by atoms with Gasteiger partial charge in [-0.15, -0.1) is 0 Å². The van der Waals surface area contributed by atoms with E-state index in [1.54, 1.807) is 12.1 Å². The van der Waals surface area contributed by atoms with Gasteiger partial charge in [-0.1, -0.05) is 19.1 Å². The van der Waals surface area contributed by atoms with E-state index in [-0.39, 0.29) is 22.6 Å². The summed E-state index contributed by atoms with van der Waals surface area (Å²) in [7, 11) is -3.82. The molecule has 1 aromatic rings. The van der Waals surface area contributed by atoms with E-state index in [4.69, 9.17) is 0 Å². The number of nitrogens with one attached hydrogen (secondary N) is 2. The average molecular weight is 310 g/mol. The normalized spacial score (nSPS) is 20.7. The molecule has 0 aliphatic heterocycles. The zero-order valence-corrected chi connectivity index (χ0v) is 12.7. The van der Waals surface area contributed by atoms with Crippen LogP contribution in [0, 0.1) is 11.8 Å². The van der Waals surface area contributed by atoms with E-state index in [1.807, 2.05) is 6.92 Å². The molecule has 2 atom stereocenters. The second-order valence-corrected chi connectivity index (χ2v) is 7.03. The maximum absolute atomic E-state index is 12.1. The number of amides is 2. The summed E-state index contributed by atoms with van der Waals surface area (Å²) in [5.74, 6) is -0.540. The number of benzene rings is 1. The van der Waals surface area contributed by atoms with Gasteiger partial charge in [0.1, 0.15) is 0 Å². The summed E-state index contributed by atoms with van der Waals surface area (Å²) in [5, 5.41) is 2.62. The van der Waals surface area contributed by atoms with E-state index in [0.717, 1.165) is 12.0 Å². The first-order chi connectivity index (χ1) is 9.79. The Morgan fingerprint density at radius 2 is 1.81 bits per heavy atom. The molecule has 2 unspecified atom stereocenters. The fourth-order valence-electron chi connectivity index (χ4n) is 1.97. The minimum Gasteiger partial charge on any atom is -0.352 e. The third-order valence-corrected chi connectivity index (χ3v) is 4.82. The van der Waals surface area contributed by atoms with Crippen LogP contribution >= 0.6 is 0 Å². The van der Waals surface area contributed by atoms with E-state index in [2.05, 4.69) is 10.0 Å². The molecule has 0 heterocycles. The van der Waals surface area contributed by atoms with Crippen molar-refractivity contribution in [1.29, 1.82) is 0 Å². The van der Waals surface area contributed by atoms with E-state index >= 15 is 0 Å². The molecule has 2 N–H and O–H groups in total. The zero-order valence-electron chi connectivity index (χ0n) is 11.9. The topological polar surface area (TPSA) is 92.3 Å². The first kappa shape index (κ1) is 15.5. The highest BCUT2D eigenvalue weighted by Gasteiger charge is 2.40. The molecule has 0 bridgehead atoms. The van der Waals surface area contributed by atoms with E-state index in [1.165, 1.54) is 19.1 Å². The van der Waals surface area contributed by atoms with Crippen LogP contribution in [0.25, 0.3) is 0 Å². The summed E-state index contributed by atoms with van der Waals surface area (Å²) >= 11 is 0. The Balaban J connectivity index is 2.02. The van der Waals surface area contributed by atoms with Gasteiger partial charge in [0, 0.05) is 19.4 Å². The lowest BCUT2D eigenvalue weighted by Gasteiger charge is -2.08. The molecular formula is C14H18N2O4S. The number of carbonyl (C=O) groups excluding carboxylic acids is 2. The third kappa shape index (κ3) is 4.04. The first-order valence-corrected chi connectivity index (χ1v) is 8.18. The van der Waals surface area contributed by atoms with Crippen LogP contribution in [0.1, 0.15) is 25.8 Å². The summed E-state index contributed by atoms with van der Waals surface area (Å²) in [6, 6.07) is 6.05. The van der Waals surface area contributed by atoms with Crippen molar-refractivity contribution in [3.8, 4) is 0 Å². The summed E-state index contributed by atoms with van der Waals surface area (Å²) in [5.41, 5.74) is 0.784. The van der Waals surface area contributed by atoms with Crippen LogP contribution in [0.5, 0.6) is 0 Å². The lowest BCUT2D eigenvalue weighted by Crippen LogP contribution is -2.32. The molecule has 0 spiro atoms. The second kappa shape index (κ2) is 5.85. The van der Waals surface area contributed by atoms with Gasteiger partial charge in [0.15, 0.2) is 0 Å². The molecule has 114 valence electrons. The molecule has 1 aliphatic carbocycles. The summed E-state index contributed by atoms with van der Waals surface area (Å²) in [6.07, 6.45) is 0.733. The maximum Gasteiger partial charge on any atom is 0.264 e. The quantitative estimate of drug-likeness (QED) is 0.841. The predicted octanol–water partition coefficient (Wildman–Crippen LogP) is 0.784. The number of hydrogen-bond acceptors (Lipinski definition) is 4. The average Bonchev–Trinajstić information content (AvgIpc) is 3.14. The highest BCUT2D eigenvalue weighted by molar-refractivity contribution is 7.90. The summed E-state index contributed by atoms with van der Waals surface area (Å²) in [4.78, 5) is 22.6. The van der Waals surface area contributed by atoms with Crippen LogP contribution in [0.15, 0.2) is 29.2 Å². The molecule has 0 aromatic heterocycles. The van der Waals surface area contributed by atoms with Crippen LogP contribution in [0.4, 0.5) is 0 Å². The first-order valence-electron chi connectivity index (χ1n) is 6.69. The van der Waals surface area contributed by atoms with Crippen LogP contribution < -0.4 is 10.0 Å². The van der Waals surface area contributed by atoms with Crippen molar-refractivity contribution in [3.05, 3.63) is 29.8 Å². The van der Waals surface area contributed by atoms with E-state index in [0.29, 0.717) is 6.54 Å². The predicted molar refractivity (Wildman–Crippen MR) is 76.6 cm³/mol. The Bertz CT molecular complexity index is 652. The Kier molecular flexibility index (Phi) is 4.32. The van der Waals surface area contributed by atoms with Gasteiger partial charge < -0.3 is 5.32 Å². The highest BCUT2D eigenvalue weighted by Crippen LogP contribution is 2.37. The van der Waals surface area contributed by atoms with Gasteiger partial charge in [-0.2, -0.15) is 0 Å². The zero-order chi connectivity index (χ0) is 15.6. The molecule has 1 aromatic carbocycles. The molecule has 7 heteroatoms. The van der Waals surface area contributed by atoms with Crippen molar-refractivity contribution in [2.75, 3.05) is 0 Å². The fourth-order valence-corrected chi connectivity index (χ4v) is 3.00. The second-order valence-electron chi connectivity index (χ2n) is 5.34. The van der Waals surface area contributed by atoms with Crippen LogP contribution in [0.3, 0.4) is 0 Å². The molecule has 1 saturated carbocycles. The molecule has 6 nitrogen and oxygen atoms in total. The molecule has 1 aliphatic rings. The minimum absolute atomic E-state index is 0.0377. The van der Waals surface area contributed by atoms with Gasteiger partial charge in [0.25, 0.3) is 10.0 Å². The van der Waals surface area contributed by atoms with Crippen molar-refractivity contribution < 1.29 is 18.0 Å². The van der Waals surface area contributed by atoms with Gasteiger partial charge in [0.2, 0.25) is 11.8 Å². The Hall–Kier alpha value is -1.89. The van der Waals surface area contributed by atoms with Gasteiger partial charge in [0.05, 0.1) is 4.90 Å². The molecule has 1 fully saturated rings. The largest absolute Gasteiger partial charge is 0.352 e. The molecule has 0 saturated heterocycles. The minimum atomic E-state index is -3.82. The number of hydrogen-bond donors (Lipinski definition) is 2. The monoisotopic (exact) mass is 310 g/mol. The lowest BCUT2D eigenvalue weighted by atomic mass is 10.2. The van der Waals surface area contributed by atoms with Gasteiger partial charge in [-0.05, 0) is 30.0 Å². The standard InChI is InChI=1S/C14H18N2O4S/c1-9-7-13(9)14(18)16-21(19,20)12-5-3-11(4-6-12)8-15-10(2)17/h3-6,9,13H,7-8H2,1-2H3,(H,15,17)(H,16,18). The lowest BCUT2D eigenvalue weighted by molar-refractivity contribution is -0.121. The number of sulfonamides is 1. The third-order valence-electron chi connectivity index (χ3n) is 3.46. The number of carbonyl (C=O) groups is 2. The molecule has 0 radical (unpaired) electrons. The Morgan fingerprint density at radius 3 is 2.29 bits per heavy atom. The van der Waals surface area contributed by atoms with E-state index in [9.17, 15) is 18.0 Å². The molecular weight excluding hydrogens is 292 g/mol. The van der Waals surface area contributed by atoms with Gasteiger partial charge >= 0.3 is 0 Å². The van der Waals surface area contributed by atoms with Crippen molar-refractivity contribution >= 4 is 21.8 Å². The number of rotatable bonds is 5. The Morgan fingerprint density at radius 1 is 1.24 bits per heavy atom. The van der Waals surface area contributed by atoms with Crippen molar-refractivity contribution in [1.82, 2.24) is 10.0 Å². The van der Waals surface area contributed by atoms with Crippen LogP contribution in [0.2, 0.25) is 0 Å². The molecule has 21 heavy (non-hydrogen) atoms. The smallest absolute Gasteiger partial charge is 0.264 e. The summed E-state index contributed by atoms with van der Waals surface area (Å²) < 4.78 is 26.2.